The Labute approximate surface area is 97.9 Å². The molecule has 2 rings (SSSR count). The highest BCUT2D eigenvalue weighted by molar-refractivity contribution is 5.20. The molecule has 1 unspecified atom stereocenters. The van der Waals surface area contributed by atoms with E-state index in [4.69, 9.17) is 0 Å². The number of rotatable bonds is 3. The van der Waals surface area contributed by atoms with Gasteiger partial charge in [0.25, 0.3) is 0 Å². The number of nitrogens with one attached hydrogen (secondary N) is 1. The second-order valence-corrected chi connectivity index (χ2v) is 4.45. The summed E-state index contributed by atoms with van der Waals surface area (Å²) in [6.45, 7) is 5.99. The van der Waals surface area contributed by atoms with Gasteiger partial charge in [0, 0.05) is 12.1 Å². The average molecular weight is 213 g/mol. The molecule has 1 fully saturated rings. The van der Waals surface area contributed by atoms with Crippen LogP contribution in [0, 0.1) is 0 Å². The molecule has 0 aromatic heterocycles. The van der Waals surface area contributed by atoms with Gasteiger partial charge < -0.3 is 5.32 Å². The standard InChI is InChI=1S/C15H19N/c1-3-13-10-7-11-15(13)16-12(2)14-8-5-4-6-9-14/h4-6,8-9,12,15-16H,1,7,10-11H2,2H3/t12-,15?/m1/s1. The fourth-order valence-corrected chi connectivity index (χ4v) is 2.38. The molecule has 1 aliphatic carbocycles. The van der Waals surface area contributed by atoms with Crippen molar-refractivity contribution in [3.05, 3.63) is 53.8 Å². The van der Waals surface area contributed by atoms with Gasteiger partial charge in [0.2, 0.25) is 0 Å². The summed E-state index contributed by atoms with van der Waals surface area (Å²) in [4.78, 5) is 0. The minimum atomic E-state index is 0.396. The summed E-state index contributed by atoms with van der Waals surface area (Å²) in [5, 5.41) is 3.66. The Morgan fingerprint density at radius 2 is 2.12 bits per heavy atom. The first-order valence-electron chi connectivity index (χ1n) is 6.01. The van der Waals surface area contributed by atoms with E-state index in [0.717, 1.165) is 6.42 Å². The summed E-state index contributed by atoms with van der Waals surface area (Å²) in [7, 11) is 0. The quantitative estimate of drug-likeness (QED) is 0.756. The van der Waals surface area contributed by atoms with Gasteiger partial charge >= 0.3 is 0 Å². The van der Waals surface area contributed by atoms with Crippen LogP contribution in [0.5, 0.6) is 0 Å². The topological polar surface area (TPSA) is 12.0 Å². The molecule has 1 nitrogen and oxygen atoms in total. The van der Waals surface area contributed by atoms with Crippen molar-refractivity contribution in [1.82, 2.24) is 5.32 Å². The largest absolute Gasteiger partial charge is 0.303 e. The smallest absolute Gasteiger partial charge is 0.0359 e. The van der Waals surface area contributed by atoms with Gasteiger partial charge in [-0.2, -0.15) is 0 Å². The van der Waals surface area contributed by atoms with Crippen LogP contribution in [0.15, 0.2) is 48.2 Å². The van der Waals surface area contributed by atoms with E-state index in [1.165, 1.54) is 24.0 Å². The molecular weight excluding hydrogens is 194 g/mol. The number of benzene rings is 1. The molecule has 1 N–H and O–H groups in total. The van der Waals surface area contributed by atoms with Crippen molar-refractivity contribution in [1.29, 1.82) is 0 Å². The lowest BCUT2D eigenvalue weighted by Gasteiger charge is -2.20. The highest BCUT2D eigenvalue weighted by Gasteiger charge is 2.22. The van der Waals surface area contributed by atoms with Gasteiger partial charge in [0.1, 0.15) is 0 Å². The van der Waals surface area contributed by atoms with Crippen molar-refractivity contribution in [3.63, 3.8) is 0 Å². The number of hydrogen-bond donors (Lipinski definition) is 1. The molecule has 2 atom stereocenters. The Bertz CT molecular complexity index is 387. The molecule has 0 spiro atoms. The summed E-state index contributed by atoms with van der Waals surface area (Å²) in [6, 6.07) is 11.5. The van der Waals surface area contributed by atoms with Gasteiger partial charge in [-0.1, -0.05) is 36.9 Å². The van der Waals surface area contributed by atoms with Gasteiger partial charge in [0.15, 0.2) is 0 Å². The van der Waals surface area contributed by atoms with E-state index < -0.39 is 0 Å². The lowest BCUT2D eigenvalue weighted by atomic mass is 10.1. The predicted molar refractivity (Wildman–Crippen MR) is 68.3 cm³/mol. The second-order valence-electron chi connectivity index (χ2n) is 4.45. The number of hydrogen-bond acceptors (Lipinski definition) is 1. The molecule has 1 aliphatic rings. The van der Waals surface area contributed by atoms with Crippen molar-refractivity contribution in [2.24, 2.45) is 0 Å². The Kier molecular flexibility index (Phi) is 3.61. The summed E-state index contributed by atoms with van der Waals surface area (Å²) in [5.41, 5.74) is 5.77. The third-order valence-electron chi connectivity index (χ3n) is 3.34. The van der Waals surface area contributed by atoms with Crippen LogP contribution < -0.4 is 5.32 Å². The minimum Gasteiger partial charge on any atom is -0.303 e. The van der Waals surface area contributed by atoms with Crippen molar-refractivity contribution in [2.45, 2.75) is 38.3 Å². The first-order valence-corrected chi connectivity index (χ1v) is 6.01. The van der Waals surface area contributed by atoms with E-state index in [2.05, 4.69) is 54.9 Å². The zero-order valence-corrected chi connectivity index (χ0v) is 9.87. The van der Waals surface area contributed by atoms with E-state index in [0.29, 0.717) is 12.1 Å². The zero-order valence-electron chi connectivity index (χ0n) is 9.87. The lowest BCUT2D eigenvalue weighted by molar-refractivity contribution is 0.502. The minimum absolute atomic E-state index is 0.396. The molecule has 0 heterocycles. The summed E-state index contributed by atoms with van der Waals surface area (Å²) >= 11 is 0. The van der Waals surface area contributed by atoms with Crippen LogP contribution in [0.25, 0.3) is 0 Å². The van der Waals surface area contributed by atoms with E-state index in [1.807, 2.05) is 0 Å². The fourth-order valence-electron chi connectivity index (χ4n) is 2.38. The fraction of sp³-hybridized carbons (Fsp3) is 0.400. The summed E-state index contributed by atoms with van der Waals surface area (Å²) in [6.07, 6.45) is 3.63. The van der Waals surface area contributed by atoms with Gasteiger partial charge in [-0.15, -0.1) is 5.73 Å². The summed E-state index contributed by atoms with van der Waals surface area (Å²) < 4.78 is 0. The van der Waals surface area contributed by atoms with Crippen LogP contribution in [0.4, 0.5) is 0 Å². The van der Waals surface area contributed by atoms with Crippen LogP contribution >= 0.6 is 0 Å². The highest BCUT2D eigenvalue weighted by Crippen LogP contribution is 2.26. The molecule has 0 radical (unpaired) electrons. The Hall–Kier alpha value is -1.30. The molecule has 0 saturated heterocycles. The molecule has 1 heteroatoms. The van der Waals surface area contributed by atoms with E-state index >= 15 is 0 Å². The normalized spacial score (nSPS) is 21.8. The van der Waals surface area contributed by atoms with E-state index in [-0.39, 0.29) is 0 Å². The summed E-state index contributed by atoms with van der Waals surface area (Å²) in [5.74, 6) is 0. The molecule has 1 aromatic rings. The third-order valence-corrected chi connectivity index (χ3v) is 3.34. The van der Waals surface area contributed by atoms with Crippen molar-refractivity contribution < 1.29 is 0 Å². The highest BCUT2D eigenvalue weighted by atomic mass is 15.0. The lowest BCUT2D eigenvalue weighted by Crippen LogP contribution is -2.30. The Morgan fingerprint density at radius 3 is 2.81 bits per heavy atom. The first-order chi connectivity index (χ1) is 7.81. The van der Waals surface area contributed by atoms with Crippen molar-refractivity contribution in [2.75, 3.05) is 0 Å². The maximum Gasteiger partial charge on any atom is 0.0359 e. The average Bonchev–Trinajstić information content (AvgIpc) is 2.77. The van der Waals surface area contributed by atoms with Crippen LogP contribution in [-0.4, -0.2) is 6.04 Å². The molecule has 0 aliphatic heterocycles. The second kappa shape index (κ2) is 5.16. The SMILES string of the molecule is C=C=C1CCCC1N[C@H](C)c1ccccc1. The molecule has 1 saturated carbocycles. The maximum absolute atomic E-state index is 3.77. The first kappa shape index (κ1) is 11.2. The van der Waals surface area contributed by atoms with Crippen LogP contribution in [0.2, 0.25) is 0 Å². The molecule has 16 heavy (non-hydrogen) atoms. The van der Waals surface area contributed by atoms with Crippen molar-refractivity contribution in [3.8, 4) is 0 Å². The van der Waals surface area contributed by atoms with E-state index in [1.54, 1.807) is 0 Å². The van der Waals surface area contributed by atoms with Crippen LogP contribution in [-0.2, 0) is 0 Å². The molecule has 84 valence electrons. The molecule has 1 aromatic carbocycles. The molecular formula is C15H19N. The van der Waals surface area contributed by atoms with E-state index in [9.17, 15) is 0 Å². The molecule has 0 amide bonds. The van der Waals surface area contributed by atoms with Gasteiger partial charge in [-0.25, -0.2) is 0 Å². The van der Waals surface area contributed by atoms with Gasteiger partial charge in [-0.05, 0) is 37.3 Å². The monoisotopic (exact) mass is 213 g/mol. The zero-order chi connectivity index (χ0) is 11.4. The Balaban J connectivity index is 2.03. The maximum atomic E-state index is 3.77. The van der Waals surface area contributed by atoms with Crippen LogP contribution in [0.3, 0.4) is 0 Å². The van der Waals surface area contributed by atoms with Crippen molar-refractivity contribution >= 4 is 0 Å². The van der Waals surface area contributed by atoms with Gasteiger partial charge in [-0.3, -0.25) is 0 Å². The Morgan fingerprint density at radius 1 is 1.38 bits per heavy atom. The predicted octanol–water partition coefficient (Wildman–Crippen LogP) is 3.60. The molecule has 0 bridgehead atoms. The van der Waals surface area contributed by atoms with Gasteiger partial charge in [0.05, 0.1) is 0 Å². The van der Waals surface area contributed by atoms with Crippen LogP contribution in [0.1, 0.15) is 37.8 Å². The third kappa shape index (κ3) is 2.44.